The first kappa shape index (κ1) is 19.3. The fourth-order valence-corrected chi connectivity index (χ4v) is 4.00. The molecule has 0 radical (unpaired) electrons. The van der Waals surface area contributed by atoms with Crippen molar-refractivity contribution in [2.75, 3.05) is 13.2 Å². The third-order valence-electron chi connectivity index (χ3n) is 5.31. The van der Waals surface area contributed by atoms with Gasteiger partial charge < -0.3 is 14.8 Å². The van der Waals surface area contributed by atoms with E-state index in [0.717, 1.165) is 4.90 Å². The molecular weight excluding hydrogens is 424 g/mol. The fraction of sp³-hybridized carbons (Fsp3) is 0.250. The predicted molar refractivity (Wildman–Crippen MR) is 108 cm³/mol. The lowest BCUT2D eigenvalue weighted by Crippen LogP contribution is -2.40. The molecule has 1 N–H and O–H groups in total. The number of benzene rings is 2. The quantitative estimate of drug-likeness (QED) is 0.618. The van der Waals surface area contributed by atoms with E-state index >= 15 is 0 Å². The highest BCUT2D eigenvalue weighted by atomic mass is 35.5. The largest absolute Gasteiger partial charge is 0.486 e. The molecule has 0 spiro atoms. The third-order valence-corrected chi connectivity index (χ3v) is 5.59. The van der Waals surface area contributed by atoms with Gasteiger partial charge in [-0.3, -0.25) is 9.69 Å². The molecule has 1 atom stereocenters. The second-order valence-electron chi connectivity index (χ2n) is 7.35. The highest BCUT2D eigenvalue weighted by Crippen LogP contribution is 2.39. The molecule has 3 heterocycles. The standard InChI is InChI=1S/C20H17ClN6O4/c1-20(13-3-2-4-14(9-13)27-11-22-24-25-27)18(28)26(19(29)23-20)10-12-7-15(21)17-16(8-12)30-5-6-31-17/h2-4,7-9,11H,5-6,10H2,1H3,(H,23,29)/t20-/m1/s1. The van der Waals surface area contributed by atoms with Gasteiger partial charge in [0.15, 0.2) is 11.5 Å². The number of carbonyl (C=O) groups excluding carboxylic acids is 2. The van der Waals surface area contributed by atoms with Crippen LogP contribution in [0.5, 0.6) is 11.5 Å². The van der Waals surface area contributed by atoms with E-state index in [1.807, 2.05) is 0 Å². The highest BCUT2D eigenvalue weighted by molar-refractivity contribution is 6.32. The summed E-state index contributed by atoms with van der Waals surface area (Å²) in [4.78, 5) is 27.2. The zero-order valence-corrected chi connectivity index (χ0v) is 17.2. The summed E-state index contributed by atoms with van der Waals surface area (Å²) in [7, 11) is 0. The number of amides is 3. The van der Waals surface area contributed by atoms with E-state index in [2.05, 4.69) is 20.8 Å². The number of halogens is 1. The summed E-state index contributed by atoms with van der Waals surface area (Å²) in [6, 6.07) is 10.0. The van der Waals surface area contributed by atoms with Gasteiger partial charge in [-0.1, -0.05) is 23.7 Å². The smallest absolute Gasteiger partial charge is 0.325 e. The van der Waals surface area contributed by atoms with Crippen LogP contribution < -0.4 is 14.8 Å². The van der Waals surface area contributed by atoms with E-state index in [1.165, 1.54) is 11.0 Å². The van der Waals surface area contributed by atoms with E-state index in [0.29, 0.717) is 46.5 Å². The van der Waals surface area contributed by atoms with Crippen LogP contribution in [0.25, 0.3) is 5.69 Å². The van der Waals surface area contributed by atoms with Gasteiger partial charge in [-0.15, -0.1) is 5.10 Å². The zero-order valence-electron chi connectivity index (χ0n) is 16.4. The molecule has 31 heavy (non-hydrogen) atoms. The zero-order chi connectivity index (χ0) is 21.6. The lowest BCUT2D eigenvalue weighted by molar-refractivity contribution is -0.131. The number of imide groups is 1. The number of ether oxygens (including phenoxy) is 2. The third kappa shape index (κ3) is 3.25. The number of nitrogens with zero attached hydrogens (tertiary/aromatic N) is 5. The maximum absolute atomic E-state index is 13.3. The van der Waals surface area contributed by atoms with Crippen LogP contribution >= 0.6 is 11.6 Å². The topological polar surface area (TPSA) is 111 Å². The van der Waals surface area contributed by atoms with Crippen LogP contribution in [0.2, 0.25) is 5.02 Å². The molecule has 2 aliphatic heterocycles. The van der Waals surface area contributed by atoms with Crippen molar-refractivity contribution in [1.82, 2.24) is 30.4 Å². The molecule has 3 aromatic rings. The SMILES string of the molecule is C[C@]1(c2cccc(-n3cnnn3)c2)NC(=O)N(Cc2cc(Cl)c3c(c2)OCCO3)C1=O. The van der Waals surface area contributed by atoms with E-state index in [4.69, 9.17) is 21.1 Å². The van der Waals surface area contributed by atoms with E-state index in [9.17, 15) is 9.59 Å². The average molecular weight is 441 g/mol. The average Bonchev–Trinajstić information content (AvgIpc) is 3.38. The van der Waals surface area contributed by atoms with Gasteiger partial charge in [-0.2, -0.15) is 0 Å². The molecule has 11 heteroatoms. The molecule has 0 bridgehead atoms. The molecule has 1 fully saturated rings. The Kier molecular flexibility index (Phi) is 4.51. The van der Waals surface area contributed by atoms with Gasteiger partial charge in [0.05, 0.1) is 17.3 Å². The van der Waals surface area contributed by atoms with Gasteiger partial charge >= 0.3 is 6.03 Å². The number of tetrazole rings is 1. The number of nitrogens with one attached hydrogen (secondary N) is 1. The van der Waals surface area contributed by atoms with Crippen molar-refractivity contribution in [3.8, 4) is 17.2 Å². The van der Waals surface area contributed by atoms with Crippen molar-refractivity contribution in [3.63, 3.8) is 0 Å². The lowest BCUT2D eigenvalue weighted by Gasteiger charge is -2.23. The Hall–Kier alpha value is -3.66. The highest BCUT2D eigenvalue weighted by Gasteiger charge is 2.49. The second-order valence-corrected chi connectivity index (χ2v) is 7.76. The summed E-state index contributed by atoms with van der Waals surface area (Å²) in [6.07, 6.45) is 1.45. The molecule has 0 unspecified atom stereocenters. The maximum Gasteiger partial charge on any atom is 0.325 e. The van der Waals surface area contributed by atoms with Crippen molar-refractivity contribution in [2.24, 2.45) is 0 Å². The van der Waals surface area contributed by atoms with Crippen molar-refractivity contribution >= 4 is 23.5 Å². The van der Waals surface area contributed by atoms with Crippen LogP contribution in [0.3, 0.4) is 0 Å². The molecule has 3 amide bonds. The number of rotatable bonds is 4. The Morgan fingerprint density at radius 3 is 2.84 bits per heavy atom. The van der Waals surface area contributed by atoms with Crippen molar-refractivity contribution in [3.05, 3.63) is 58.9 Å². The molecule has 0 aliphatic carbocycles. The predicted octanol–water partition coefficient (Wildman–Crippen LogP) is 2.05. The Balaban J connectivity index is 1.44. The Bertz CT molecular complexity index is 1180. The van der Waals surface area contributed by atoms with E-state index in [-0.39, 0.29) is 12.5 Å². The summed E-state index contributed by atoms with van der Waals surface area (Å²) >= 11 is 6.30. The minimum atomic E-state index is -1.24. The summed E-state index contributed by atoms with van der Waals surface area (Å²) in [5.74, 6) is 0.591. The first-order chi connectivity index (χ1) is 15.0. The number of urea groups is 1. The van der Waals surface area contributed by atoms with Crippen LogP contribution in [0.1, 0.15) is 18.1 Å². The number of fused-ring (bicyclic) bond motifs is 1. The van der Waals surface area contributed by atoms with Crippen LogP contribution in [0, 0.1) is 0 Å². The van der Waals surface area contributed by atoms with Crippen LogP contribution in [-0.4, -0.2) is 50.3 Å². The molecule has 0 saturated carbocycles. The van der Waals surface area contributed by atoms with Crippen LogP contribution in [-0.2, 0) is 16.9 Å². The van der Waals surface area contributed by atoms with Gasteiger partial charge in [0, 0.05) is 0 Å². The second kappa shape index (κ2) is 7.24. The van der Waals surface area contributed by atoms with Crippen LogP contribution in [0.15, 0.2) is 42.7 Å². The maximum atomic E-state index is 13.3. The van der Waals surface area contributed by atoms with Crippen LogP contribution in [0.4, 0.5) is 4.79 Å². The van der Waals surface area contributed by atoms with E-state index < -0.39 is 11.6 Å². The summed E-state index contributed by atoms with van der Waals surface area (Å²) in [5.41, 5.74) is 0.701. The molecular formula is C20H17ClN6O4. The molecule has 10 nitrogen and oxygen atoms in total. The Morgan fingerprint density at radius 1 is 1.19 bits per heavy atom. The number of hydrogen-bond donors (Lipinski definition) is 1. The van der Waals surface area contributed by atoms with Crippen molar-refractivity contribution in [2.45, 2.75) is 19.0 Å². The van der Waals surface area contributed by atoms with Gasteiger partial charge in [-0.05, 0) is 52.7 Å². The van der Waals surface area contributed by atoms with Gasteiger partial charge in [0.2, 0.25) is 0 Å². The van der Waals surface area contributed by atoms with Gasteiger partial charge in [0.1, 0.15) is 25.1 Å². The molecule has 2 aliphatic rings. The normalized spacial score (nSPS) is 20.1. The molecule has 2 aromatic carbocycles. The van der Waals surface area contributed by atoms with Gasteiger partial charge in [0.25, 0.3) is 5.91 Å². The Morgan fingerprint density at radius 2 is 2.03 bits per heavy atom. The number of carbonyl (C=O) groups is 2. The summed E-state index contributed by atoms with van der Waals surface area (Å²) < 4.78 is 12.6. The number of hydrogen-bond acceptors (Lipinski definition) is 7. The minimum Gasteiger partial charge on any atom is -0.486 e. The first-order valence-corrected chi connectivity index (χ1v) is 9.89. The van der Waals surface area contributed by atoms with Crippen molar-refractivity contribution in [1.29, 1.82) is 0 Å². The van der Waals surface area contributed by atoms with Crippen molar-refractivity contribution < 1.29 is 19.1 Å². The fourth-order valence-electron chi connectivity index (χ4n) is 3.71. The summed E-state index contributed by atoms with van der Waals surface area (Å²) in [6.45, 7) is 2.54. The molecule has 1 aromatic heterocycles. The summed E-state index contributed by atoms with van der Waals surface area (Å²) in [5, 5.41) is 14.3. The monoisotopic (exact) mass is 440 g/mol. The molecule has 5 rings (SSSR count). The minimum absolute atomic E-state index is 0.0449. The Labute approximate surface area is 181 Å². The van der Waals surface area contributed by atoms with Gasteiger partial charge in [-0.25, -0.2) is 9.48 Å². The molecule has 1 saturated heterocycles. The number of aromatic nitrogens is 4. The van der Waals surface area contributed by atoms with E-state index in [1.54, 1.807) is 43.3 Å². The lowest BCUT2D eigenvalue weighted by atomic mass is 9.91. The first-order valence-electron chi connectivity index (χ1n) is 9.52. The molecule has 158 valence electrons.